The summed E-state index contributed by atoms with van der Waals surface area (Å²) in [5.41, 5.74) is 2.02. The number of halogens is 2. The van der Waals surface area contributed by atoms with Gasteiger partial charge >= 0.3 is 0 Å². The molecule has 13 heteroatoms. The van der Waals surface area contributed by atoms with Crippen molar-refractivity contribution in [3.8, 4) is 17.6 Å². The third-order valence-electron chi connectivity index (χ3n) is 9.36. The summed E-state index contributed by atoms with van der Waals surface area (Å²) in [7, 11) is 0. The Bertz CT molecular complexity index is 2000. The number of benzene rings is 2. The monoisotopic (exact) mass is 785 g/mol. The van der Waals surface area contributed by atoms with Gasteiger partial charge in [0, 0.05) is 61.2 Å². The Morgan fingerprint density at radius 3 is 2.55 bits per heavy atom. The number of nitrogens with one attached hydrogen (secondary N) is 2. The molecule has 5 rings (SSSR count). The van der Waals surface area contributed by atoms with Gasteiger partial charge < -0.3 is 35.1 Å². The molecule has 0 bridgehead atoms. The maximum Gasteiger partial charge on any atom is 0.226 e. The number of pyridine rings is 2. The van der Waals surface area contributed by atoms with Crippen molar-refractivity contribution >= 4 is 34.7 Å². The molecule has 4 aromatic rings. The van der Waals surface area contributed by atoms with E-state index in [9.17, 15) is 20.3 Å². The number of nitrogens with zero attached hydrogens (tertiary/aromatic N) is 3. The topological polar surface area (TPSA) is 159 Å². The van der Waals surface area contributed by atoms with E-state index < -0.39 is 16.0 Å². The summed E-state index contributed by atoms with van der Waals surface area (Å²) in [6, 6.07) is 22.4. The molecule has 1 amide bonds. The van der Waals surface area contributed by atoms with Crippen LogP contribution < -0.4 is 20.1 Å². The summed E-state index contributed by atoms with van der Waals surface area (Å²) in [5, 5.41) is 35.5. The second-order valence-electron chi connectivity index (χ2n) is 13.6. The van der Waals surface area contributed by atoms with Crippen LogP contribution in [0.5, 0.6) is 11.5 Å². The third-order valence-corrected chi connectivity index (χ3v) is 10.2. The number of aliphatic hydroxyl groups is 2. The number of nitriles is 1. The second-order valence-corrected chi connectivity index (χ2v) is 14.8. The summed E-state index contributed by atoms with van der Waals surface area (Å²) in [6.45, 7) is 3.86. The maximum absolute atomic E-state index is 12.5. The van der Waals surface area contributed by atoms with E-state index >= 15 is 0 Å². The molecule has 11 nitrogen and oxygen atoms in total. The molecule has 0 fully saturated rings. The number of amides is 1. The smallest absolute Gasteiger partial charge is 0.226 e. The van der Waals surface area contributed by atoms with Crippen LogP contribution in [-0.2, 0) is 29.1 Å². The number of carbonyl (C=O) groups excluding carboxylic acids is 1. The summed E-state index contributed by atoms with van der Waals surface area (Å²) < 4.78 is 19.4. The Kier molecular flexibility index (Phi) is 14.4. The van der Waals surface area contributed by atoms with Gasteiger partial charge in [-0.3, -0.25) is 14.8 Å². The van der Waals surface area contributed by atoms with Crippen LogP contribution in [0.15, 0.2) is 104 Å². The number of hydrogen-bond acceptors (Lipinski definition) is 10. The van der Waals surface area contributed by atoms with Crippen molar-refractivity contribution in [1.82, 2.24) is 20.6 Å². The fourth-order valence-electron chi connectivity index (χ4n) is 5.92. The van der Waals surface area contributed by atoms with E-state index in [1.54, 1.807) is 43.6 Å². The second kappa shape index (κ2) is 19.2. The number of alkyl halides is 1. The standard InChI is InChI=1S/C42H45Cl2N5O6/c1-40(27-50,28-51)49-25-33-19-36(43)38(21-37(33)53-26-31-18-30(22-45)23-46-24-31)54-29-42(14-8-13-35(41(42,2)44)32-10-4-3-5-11-32)55-17-9-16-48-39(52)20-34-12-6-7-15-47-34/h3-8,10-15,18-19,21,23-24,49-51H,9,16-17,20,25-29H2,1-2H3,(H,48,52). The minimum absolute atomic E-state index is 0.0440. The van der Waals surface area contributed by atoms with Crippen molar-refractivity contribution < 1.29 is 29.2 Å². The molecule has 2 heterocycles. The van der Waals surface area contributed by atoms with E-state index in [2.05, 4.69) is 26.7 Å². The predicted molar refractivity (Wildman–Crippen MR) is 212 cm³/mol. The minimum atomic E-state index is -1.19. The van der Waals surface area contributed by atoms with Crippen LogP contribution >= 0.6 is 23.2 Å². The molecule has 0 saturated heterocycles. The van der Waals surface area contributed by atoms with Crippen LogP contribution in [-0.4, -0.2) is 75.1 Å². The van der Waals surface area contributed by atoms with Gasteiger partial charge in [0.25, 0.3) is 0 Å². The van der Waals surface area contributed by atoms with Gasteiger partial charge in [0.15, 0.2) is 0 Å². The molecule has 2 aromatic heterocycles. The number of allylic oxidation sites excluding steroid dienone is 2. The van der Waals surface area contributed by atoms with Crippen molar-refractivity contribution in [2.45, 2.75) is 55.9 Å². The molecule has 288 valence electrons. The number of ether oxygens (including phenoxy) is 3. The van der Waals surface area contributed by atoms with Crippen LogP contribution in [0.4, 0.5) is 0 Å². The average Bonchev–Trinajstić information content (AvgIpc) is 3.20. The lowest BCUT2D eigenvalue weighted by atomic mass is 9.76. The normalized spacial score (nSPS) is 17.9. The van der Waals surface area contributed by atoms with Gasteiger partial charge in [0.05, 0.1) is 35.8 Å². The van der Waals surface area contributed by atoms with Gasteiger partial charge in [-0.05, 0) is 61.7 Å². The summed E-state index contributed by atoms with van der Waals surface area (Å²) in [6.07, 6.45) is 11.2. The molecule has 1 aliphatic rings. The van der Waals surface area contributed by atoms with E-state index in [1.807, 2.05) is 67.6 Å². The fraction of sp³-hybridized carbons (Fsp3) is 0.333. The molecule has 4 N–H and O–H groups in total. The molecule has 2 atom stereocenters. The molecule has 1 aliphatic carbocycles. The lowest BCUT2D eigenvalue weighted by molar-refractivity contribution is -0.120. The van der Waals surface area contributed by atoms with Crippen LogP contribution in [0.1, 0.15) is 48.2 Å². The Morgan fingerprint density at radius 1 is 1.04 bits per heavy atom. The van der Waals surface area contributed by atoms with Gasteiger partial charge in [-0.1, -0.05) is 60.2 Å². The highest BCUT2D eigenvalue weighted by Crippen LogP contribution is 2.47. The third kappa shape index (κ3) is 10.7. The Morgan fingerprint density at radius 2 is 1.82 bits per heavy atom. The molecule has 55 heavy (non-hydrogen) atoms. The largest absolute Gasteiger partial charge is 0.488 e. The quantitative estimate of drug-likeness (QED) is 0.0662. The van der Waals surface area contributed by atoms with E-state index in [-0.39, 0.29) is 56.9 Å². The lowest BCUT2D eigenvalue weighted by Gasteiger charge is -2.45. The zero-order valence-corrected chi connectivity index (χ0v) is 32.3. The number of carbonyl (C=O) groups is 1. The number of hydrogen-bond donors (Lipinski definition) is 4. The molecule has 0 radical (unpaired) electrons. The summed E-state index contributed by atoms with van der Waals surface area (Å²) >= 11 is 14.4. The molecule has 0 spiro atoms. The number of rotatable bonds is 19. The van der Waals surface area contributed by atoms with Crippen molar-refractivity contribution in [2.24, 2.45) is 0 Å². The van der Waals surface area contributed by atoms with E-state index in [0.717, 1.165) is 11.1 Å². The first-order valence-electron chi connectivity index (χ1n) is 17.8. The van der Waals surface area contributed by atoms with Crippen molar-refractivity contribution in [3.05, 3.63) is 137 Å². The molecule has 0 saturated carbocycles. The van der Waals surface area contributed by atoms with Crippen LogP contribution in [0.2, 0.25) is 5.02 Å². The Balaban J connectivity index is 1.38. The number of aliphatic hydroxyl groups excluding tert-OH is 2. The zero-order chi connectivity index (χ0) is 39.3. The van der Waals surface area contributed by atoms with E-state index in [0.29, 0.717) is 46.8 Å². The summed E-state index contributed by atoms with van der Waals surface area (Å²) in [4.78, 5) is 19.8. The SMILES string of the molecule is CC(CO)(CO)NCc1cc(Cl)c(OCC2(OCCCNC(=O)Cc3ccccn3)C=CC=C(c3ccccc3)C2(C)Cl)cc1OCc1cncc(C#N)c1. The minimum Gasteiger partial charge on any atom is -0.488 e. The molecule has 2 aromatic carbocycles. The maximum atomic E-state index is 12.5. The zero-order valence-electron chi connectivity index (χ0n) is 30.8. The molecular weight excluding hydrogens is 741 g/mol. The van der Waals surface area contributed by atoms with Crippen molar-refractivity contribution in [3.63, 3.8) is 0 Å². The first kappa shape index (κ1) is 41.4. The highest BCUT2D eigenvalue weighted by Gasteiger charge is 2.51. The van der Waals surface area contributed by atoms with Crippen molar-refractivity contribution in [1.29, 1.82) is 5.26 Å². The number of aromatic nitrogens is 2. The first-order chi connectivity index (χ1) is 26.5. The van der Waals surface area contributed by atoms with Gasteiger partial charge in [-0.2, -0.15) is 5.26 Å². The molecule has 0 aliphatic heterocycles. The molecule has 2 unspecified atom stereocenters. The van der Waals surface area contributed by atoms with E-state index in [1.165, 1.54) is 6.20 Å². The van der Waals surface area contributed by atoms with Gasteiger partial charge in [-0.25, -0.2) is 0 Å². The van der Waals surface area contributed by atoms with Crippen LogP contribution in [0.3, 0.4) is 0 Å². The first-order valence-corrected chi connectivity index (χ1v) is 18.6. The van der Waals surface area contributed by atoms with Gasteiger partial charge in [-0.15, -0.1) is 11.6 Å². The highest BCUT2D eigenvalue weighted by atomic mass is 35.5. The predicted octanol–water partition coefficient (Wildman–Crippen LogP) is 5.95. The average molecular weight is 787 g/mol. The van der Waals surface area contributed by atoms with Crippen LogP contribution in [0, 0.1) is 11.3 Å². The summed E-state index contributed by atoms with van der Waals surface area (Å²) in [5.74, 6) is 0.586. The van der Waals surface area contributed by atoms with Crippen LogP contribution in [0.25, 0.3) is 5.57 Å². The fourth-order valence-corrected chi connectivity index (χ4v) is 6.51. The van der Waals surface area contributed by atoms with E-state index in [4.69, 9.17) is 37.4 Å². The molecular formula is C42H45Cl2N5O6. The van der Waals surface area contributed by atoms with Gasteiger partial charge in [0.1, 0.15) is 41.3 Å². The Labute approximate surface area is 331 Å². The highest BCUT2D eigenvalue weighted by molar-refractivity contribution is 6.32. The lowest BCUT2D eigenvalue weighted by Crippen LogP contribution is -2.55. The Hall–Kier alpha value is -4.80. The van der Waals surface area contributed by atoms with Gasteiger partial charge in [0.2, 0.25) is 5.91 Å². The van der Waals surface area contributed by atoms with Crippen molar-refractivity contribution in [2.75, 3.05) is 33.0 Å².